The van der Waals surface area contributed by atoms with E-state index in [9.17, 15) is 14.9 Å². The van der Waals surface area contributed by atoms with Crippen LogP contribution in [0.4, 0.5) is 5.82 Å². The van der Waals surface area contributed by atoms with Crippen LogP contribution in [-0.4, -0.2) is 33.6 Å². The van der Waals surface area contributed by atoms with Gasteiger partial charge in [0, 0.05) is 23.8 Å². The number of nitrogens with zero attached hydrogens (tertiary/aromatic N) is 4. The second-order valence-corrected chi connectivity index (χ2v) is 6.99. The van der Waals surface area contributed by atoms with Crippen molar-refractivity contribution in [1.29, 1.82) is 5.26 Å². The van der Waals surface area contributed by atoms with Crippen LogP contribution in [-0.2, 0) is 4.79 Å². The standard InChI is InChI=1S/C24H19N5O3/c1-32-19-9-6-17(7-10-19)21(30)11-13-23(31)28-24-18(14-25)15-26-29(24)22-12-8-16-4-2-3-5-20(16)27-22/h2-10,12,15H,11,13H2,1H3,(H,28,31). The highest BCUT2D eigenvalue weighted by Gasteiger charge is 2.17. The zero-order valence-electron chi connectivity index (χ0n) is 17.3. The van der Waals surface area contributed by atoms with E-state index in [-0.39, 0.29) is 30.0 Å². The first-order valence-electron chi connectivity index (χ1n) is 9.90. The Labute approximate surface area is 184 Å². The number of rotatable bonds is 7. The Hall–Kier alpha value is -4.51. The lowest BCUT2D eigenvalue weighted by Crippen LogP contribution is -2.17. The summed E-state index contributed by atoms with van der Waals surface area (Å²) < 4.78 is 6.49. The lowest BCUT2D eigenvalue weighted by molar-refractivity contribution is -0.116. The number of carbonyl (C=O) groups is 2. The maximum Gasteiger partial charge on any atom is 0.226 e. The number of anilines is 1. The highest BCUT2D eigenvalue weighted by molar-refractivity contribution is 6.00. The van der Waals surface area contributed by atoms with Crippen LogP contribution < -0.4 is 10.1 Å². The van der Waals surface area contributed by atoms with Crippen molar-refractivity contribution in [3.8, 4) is 17.6 Å². The molecule has 0 aliphatic carbocycles. The van der Waals surface area contributed by atoms with Crippen molar-refractivity contribution in [2.24, 2.45) is 0 Å². The number of ketones is 1. The summed E-state index contributed by atoms with van der Waals surface area (Å²) in [6.07, 6.45) is 1.36. The van der Waals surface area contributed by atoms with Gasteiger partial charge in [0.25, 0.3) is 0 Å². The van der Waals surface area contributed by atoms with Crippen LogP contribution in [0.15, 0.2) is 66.9 Å². The first kappa shape index (κ1) is 20.8. The molecule has 4 aromatic rings. The van der Waals surface area contributed by atoms with Crippen LogP contribution in [0.25, 0.3) is 16.7 Å². The second-order valence-electron chi connectivity index (χ2n) is 6.99. The number of pyridine rings is 1. The van der Waals surface area contributed by atoms with Crippen LogP contribution in [0, 0.1) is 11.3 Å². The molecule has 2 aromatic carbocycles. The van der Waals surface area contributed by atoms with Crippen molar-refractivity contribution >= 4 is 28.4 Å². The summed E-state index contributed by atoms with van der Waals surface area (Å²) in [6, 6.07) is 20.0. The quantitative estimate of drug-likeness (QED) is 0.450. The minimum atomic E-state index is -0.397. The molecule has 2 heterocycles. The van der Waals surface area contributed by atoms with E-state index in [1.165, 1.54) is 10.9 Å². The molecular formula is C24H19N5O3. The van der Waals surface area contributed by atoms with E-state index in [4.69, 9.17) is 4.74 Å². The predicted molar refractivity (Wildman–Crippen MR) is 119 cm³/mol. The van der Waals surface area contributed by atoms with Crippen LogP contribution in [0.5, 0.6) is 5.75 Å². The molecule has 1 amide bonds. The molecule has 0 saturated carbocycles. The molecule has 0 spiro atoms. The molecule has 2 aromatic heterocycles. The van der Waals surface area contributed by atoms with E-state index < -0.39 is 5.91 Å². The van der Waals surface area contributed by atoms with Crippen LogP contribution in [0.1, 0.15) is 28.8 Å². The smallest absolute Gasteiger partial charge is 0.226 e. The number of hydrogen-bond acceptors (Lipinski definition) is 6. The van der Waals surface area contributed by atoms with Crippen LogP contribution >= 0.6 is 0 Å². The first-order chi connectivity index (χ1) is 15.6. The first-order valence-corrected chi connectivity index (χ1v) is 9.90. The average molecular weight is 425 g/mol. The Morgan fingerprint density at radius 3 is 2.59 bits per heavy atom. The summed E-state index contributed by atoms with van der Waals surface area (Å²) in [5, 5.41) is 17.3. The number of fused-ring (bicyclic) bond motifs is 1. The maximum absolute atomic E-state index is 12.6. The Kier molecular flexibility index (Phi) is 5.90. The Morgan fingerprint density at radius 2 is 1.84 bits per heavy atom. The predicted octanol–water partition coefficient (Wildman–Crippen LogP) is 3.90. The van der Waals surface area contributed by atoms with Gasteiger partial charge < -0.3 is 10.1 Å². The van der Waals surface area contributed by atoms with Gasteiger partial charge in [-0.25, -0.2) is 4.98 Å². The van der Waals surface area contributed by atoms with Crippen molar-refractivity contribution < 1.29 is 14.3 Å². The number of Topliss-reactive ketones (excluding diaryl/α,β-unsaturated/α-hetero) is 1. The fourth-order valence-corrected chi connectivity index (χ4v) is 3.24. The van der Waals surface area contributed by atoms with E-state index in [0.717, 1.165) is 10.9 Å². The number of amides is 1. The normalized spacial score (nSPS) is 10.5. The molecule has 0 saturated heterocycles. The number of benzene rings is 2. The van der Waals surface area contributed by atoms with Gasteiger partial charge in [-0.2, -0.15) is 15.0 Å². The van der Waals surface area contributed by atoms with E-state index in [0.29, 0.717) is 17.1 Å². The van der Waals surface area contributed by atoms with Gasteiger partial charge in [0.1, 0.15) is 17.4 Å². The van der Waals surface area contributed by atoms with Crippen molar-refractivity contribution in [3.05, 3.63) is 78.0 Å². The summed E-state index contributed by atoms with van der Waals surface area (Å²) in [7, 11) is 1.55. The highest BCUT2D eigenvalue weighted by Crippen LogP contribution is 2.21. The largest absolute Gasteiger partial charge is 0.497 e. The summed E-state index contributed by atoms with van der Waals surface area (Å²) in [4.78, 5) is 29.5. The molecule has 8 heteroatoms. The van der Waals surface area contributed by atoms with Crippen molar-refractivity contribution in [2.75, 3.05) is 12.4 Å². The van der Waals surface area contributed by atoms with Gasteiger partial charge in [-0.1, -0.05) is 18.2 Å². The summed E-state index contributed by atoms with van der Waals surface area (Å²) >= 11 is 0. The molecule has 0 bridgehead atoms. The molecule has 8 nitrogen and oxygen atoms in total. The van der Waals surface area contributed by atoms with Gasteiger partial charge in [0.05, 0.1) is 18.8 Å². The van der Waals surface area contributed by atoms with E-state index in [1.807, 2.05) is 36.4 Å². The monoisotopic (exact) mass is 425 g/mol. The van der Waals surface area contributed by atoms with Crippen molar-refractivity contribution in [2.45, 2.75) is 12.8 Å². The zero-order chi connectivity index (χ0) is 22.5. The van der Waals surface area contributed by atoms with E-state index in [1.54, 1.807) is 37.4 Å². The Bertz CT molecular complexity index is 1340. The lowest BCUT2D eigenvalue weighted by atomic mass is 10.1. The average Bonchev–Trinajstić information content (AvgIpc) is 3.24. The second kappa shape index (κ2) is 9.10. The molecule has 0 atom stereocenters. The topological polar surface area (TPSA) is 110 Å². The van der Waals surface area contributed by atoms with Crippen molar-refractivity contribution in [1.82, 2.24) is 14.8 Å². The molecular weight excluding hydrogens is 406 g/mol. The van der Waals surface area contributed by atoms with Gasteiger partial charge in [-0.3, -0.25) is 9.59 Å². The molecule has 0 radical (unpaired) electrons. The number of methoxy groups -OCH3 is 1. The minimum absolute atomic E-state index is 0.0302. The molecule has 0 unspecified atom stereocenters. The van der Waals surface area contributed by atoms with E-state index in [2.05, 4.69) is 15.4 Å². The number of carbonyl (C=O) groups excluding carboxylic acids is 2. The zero-order valence-corrected chi connectivity index (χ0v) is 17.3. The Balaban J connectivity index is 1.49. The van der Waals surface area contributed by atoms with Crippen LogP contribution in [0.2, 0.25) is 0 Å². The molecule has 32 heavy (non-hydrogen) atoms. The SMILES string of the molecule is COc1ccc(C(=O)CCC(=O)Nc2c(C#N)cnn2-c2ccc3ccccc3n2)cc1. The van der Waals surface area contributed by atoms with Crippen LogP contribution in [0.3, 0.4) is 0 Å². The number of ether oxygens (including phenoxy) is 1. The molecule has 0 aliphatic rings. The summed E-state index contributed by atoms with van der Waals surface area (Å²) in [6.45, 7) is 0. The fraction of sp³-hybridized carbons (Fsp3) is 0.125. The summed E-state index contributed by atoms with van der Waals surface area (Å²) in [5.74, 6) is 0.782. The number of nitrogens with one attached hydrogen (secondary N) is 1. The summed E-state index contributed by atoms with van der Waals surface area (Å²) in [5.41, 5.74) is 1.47. The third-order valence-corrected chi connectivity index (χ3v) is 4.94. The van der Waals surface area contributed by atoms with Gasteiger partial charge in [0.2, 0.25) is 5.91 Å². The highest BCUT2D eigenvalue weighted by atomic mass is 16.5. The minimum Gasteiger partial charge on any atom is -0.497 e. The van der Waals surface area contributed by atoms with E-state index >= 15 is 0 Å². The van der Waals surface area contributed by atoms with Gasteiger partial charge in [-0.05, 0) is 42.5 Å². The fourth-order valence-electron chi connectivity index (χ4n) is 3.24. The third-order valence-electron chi connectivity index (χ3n) is 4.94. The number of aromatic nitrogens is 3. The number of hydrogen-bond donors (Lipinski definition) is 1. The molecule has 158 valence electrons. The van der Waals surface area contributed by atoms with Gasteiger partial charge in [-0.15, -0.1) is 0 Å². The molecule has 0 fully saturated rings. The van der Waals surface area contributed by atoms with Gasteiger partial charge in [0.15, 0.2) is 17.4 Å². The maximum atomic E-state index is 12.6. The van der Waals surface area contributed by atoms with Gasteiger partial charge >= 0.3 is 0 Å². The number of para-hydroxylation sites is 1. The molecule has 0 aliphatic heterocycles. The number of nitriles is 1. The third kappa shape index (κ3) is 4.32. The molecule has 1 N–H and O–H groups in total. The lowest BCUT2D eigenvalue weighted by Gasteiger charge is -2.10. The van der Waals surface area contributed by atoms with Crippen molar-refractivity contribution in [3.63, 3.8) is 0 Å². The molecule has 4 rings (SSSR count). The Morgan fingerprint density at radius 1 is 1.06 bits per heavy atom.